The average Bonchev–Trinajstić information content (AvgIpc) is 3.47. The summed E-state index contributed by atoms with van der Waals surface area (Å²) in [5, 5.41) is 103. The Morgan fingerprint density at radius 3 is 1.02 bits per heavy atom. The average molecular weight is 1130 g/mol. The molecule has 0 saturated heterocycles. The van der Waals surface area contributed by atoms with Gasteiger partial charge in [0, 0.05) is 16.7 Å². The Labute approximate surface area is 479 Å². The van der Waals surface area contributed by atoms with Gasteiger partial charge in [-0.15, -0.1) is 0 Å². The molecular weight excluding hydrogens is 1040 g/mol. The third-order valence-corrected chi connectivity index (χ3v) is 12.7. The minimum absolute atomic E-state index is 0.0557. The van der Waals surface area contributed by atoms with Gasteiger partial charge in [-0.3, -0.25) is 0 Å². The molecule has 17 heteroatoms. The van der Waals surface area contributed by atoms with Crippen LogP contribution in [0.5, 0.6) is 80.5 Å². The molecule has 0 aromatic heterocycles. The molecule has 0 aliphatic heterocycles. The number of rotatable bonds is 21. The van der Waals surface area contributed by atoms with Crippen LogP contribution in [0.2, 0.25) is 0 Å². The molecule has 0 unspecified atom stereocenters. The molecule has 450 valence electrons. The fourth-order valence-electron chi connectivity index (χ4n) is 8.55. The second-order valence-electron chi connectivity index (χ2n) is 18.4. The van der Waals surface area contributed by atoms with Gasteiger partial charge in [-0.25, -0.2) is 0 Å². The minimum atomic E-state index is -0.430. The monoisotopic (exact) mass is 1130 g/mol. The van der Waals surface area contributed by atoms with Crippen molar-refractivity contribution in [2.24, 2.45) is 0 Å². The molecule has 0 heterocycles. The van der Waals surface area contributed by atoms with E-state index < -0.39 is 5.75 Å². The summed E-state index contributed by atoms with van der Waals surface area (Å²) in [4.78, 5) is 0. The third kappa shape index (κ3) is 21.1. The number of hydrogen-bond donors (Lipinski definition) is 11. The number of benzene rings is 6. The van der Waals surface area contributed by atoms with Crippen molar-refractivity contribution in [1.82, 2.24) is 0 Å². The molecule has 0 bridgehead atoms. The van der Waals surface area contributed by atoms with Crippen molar-refractivity contribution in [3.8, 4) is 80.5 Å². The number of ether oxygens (including phenoxy) is 6. The van der Waals surface area contributed by atoms with Crippen molar-refractivity contribution < 1.29 is 84.6 Å². The van der Waals surface area contributed by atoms with Gasteiger partial charge in [0.15, 0.2) is 57.5 Å². The van der Waals surface area contributed by atoms with E-state index in [0.29, 0.717) is 51.9 Å². The Hall–Kier alpha value is -7.60. The van der Waals surface area contributed by atoms with Gasteiger partial charge in [0.1, 0.15) is 5.75 Å². The zero-order chi connectivity index (χ0) is 61.2. The molecule has 11 N–H and O–H groups in total. The van der Waals surface area contributed by atoms with Crippen LogP contribution in [0.15, 0.2) is 72.8 Å². The van der Waals surface area contributed by atoms with Gasteiger partial charge in [-0.1, -0.05) is 123 Å². The Morgan fingerprint density at radius 1 is 0.284 bits per heavy atom. The first-order chi connectivity index (χ1) is 38.8. The summed E-state index contributed by atoms with van der Waals surface area (Å²) in [6.07, 6.45) is 10.9. The molecule has 0 aliphatic rings. The Balaban J connectivity index is 0.000000486. The van der Waals surface area contributed by atoms with E-state index in [4.69, 9.17) is 43.7 Å². The SMILES string of the molecule is CCCc1ccc(C)c(OC)c1CO.CCCc1ccc(O)c(O)c1O.CCCc1ccc(O)c(OC)c1CO.CCCc1ccc(OC)c(O)c1CO.CCCc1ccc(OC)c(O)c1O.CCCc1ccc(OC)c(OC)c1O. The topological polar surface area (TPSA) is 278 Å². The first-order valence-corrected chi connectivity index (χ1v) is 27.3. The summed E-state index contributed by atoms with van der Waals surface area (Å²) in [6.45, 7) is 14.1. The zero-order valence-electron chi connectivity index (χ0n) is 49.9. The maximum absolute atomic E-state index is 9.83. The van der Waals surface area contributed by atoms with Crippen molar-refractivity contribution in [1.29, 1.82) is 0 Å². The number of aromatic hydroxyl groups is 8. The van der Waals surface area contributed by atoms with Crippen molar-refractivity contribution in [2.45, 2.75) is 145 Å². The first kappa shape index (κ1) is 71.4. The van der Waals surface area contributed by atoms with E-state index in [9.17, 15) is 40.9 Å². The number of aliphatic hydroxyl groups is 3. The molecule has 0 amide bonds. The molecule has 6 rings (SSSR count). The van der Waals surface area contributed by atoms with E-state index in [1.807, 2.05) is 51.1 Å². The number of phenolic OH excluding ortho intramolecular Hbond substituents is 7. The molecule has 0 saturated carbocycles. The second-order valence-corrected chi connectivity index (χ2v) is 18.4. The highest BCUT2D eigenvalue weighted by Gasteiger charge is 2.16. The molecule has 0 aliphatic carbocycles. The number of phenols is 8. The maximum Gasteiger partial charge on any atom is 0.203 e. The van der Waals surface area contributed by atoms with Gasteiger partial charge < -0.3 is 84.6 Å². The quantitative estimate of drug-likeness (QED) is 0.0299. The first-order valence-electron chi connectivity index (χ1n) is 27.3. The largest absolute Gasteiger partial charge is 0.504 e. The Kier molecular flexibility index (Phi) is 34.3. The van der Waals surface area contributed by atoms with Crippen LogP contribution < -0.4 is 28.4 Å². The summed E-state index contributed by atoms with van der Waals surface area (Å²) in [5.41, 5.74) is 8.79. The van der Waals surface area contributed by atoms with Gasteiger partial charge in [0.2, 0.25) is 17.2 Å². The molecule has 6 aromatic carbocycles. The molecule has 0 atom stereocenters. The summed E-state index contributed by atoms with van der Waals surface area (Å²) in [7, 11) is 9.16. The predicted molar refractivity (Wildman–Crippen MR) is 318 cm³/mol. The number of hydrogen-bond acceptors (Lipinski definition) is 17. The fourth-order valence-corrected chi connectivity index (χ4v) is 8.55. The van der Waals surface area contributed by atoms with Gasteiger partial charge in [-0.2, -0.15) is 0 Å². The van der Waals surface area contributed by atoms with Crippen LogP contribution in [0.25, 0.3) is 0 Å². The van der Waals surface area contributed by atoms with Crippen LogP contribution in [0.3, 0.4) is 0 Å². The van der Waals surface area contributed by atoms with E-state index in [1.54, 1.807) is 44.6 Å². The molecule has 0 radical (unpaired) electrons. The van der Waals surface area contributed by atoms with E-state index in [0.717, 1.165) is 110 Å². The van der Waals surface area contributed by atoms with E-state index in [2.05, 4.69) is 33.8 Å². The molecular formula is C64H92O17. The highest BCUT2D eigenvalue weighted by atomic mass is 16.5. The van der Waals surface area contributed by atoms with Gasteiger partial charge in [-0.05, 0) is 115 Å². The standard InChI is InChI=1S/C12H18O2.3C11H16O3.C10H14O3.C9H12O3/c1-4-5-10-7-6-9(2)12(14-3)11(10)8-13;1-4-5-8-6-7-9(13-2)11(14-3)10(8)12;1-3-4-8-5-6-10(14-2)11(13)9(8)7-12;1-3-4-8-5-6-10(13)11(14-2)9(8)7-12;1-3-4-7-5-6-8(13-2)10(12)9(7)11;1-2-3-6-4-5-7(10)9(12)8(6)11/h6-7,13H,4-5,8H2,1-3H3;6-7,12H,4-5H2,1-3H3;2*5-6,12-13H,3-4,7H2,1-2H3;5-6,11-12H,3-4H2,1-2H3;4-5,10-12H,2-3H2,1H3. The number of aliphatic hydroxyl groups excluding tert-OH is 3. The highest BCUT2D eigenvalue weighted by molar-refractivity contribution is 5.56. The van der Waals surface area contributed by atoms with Crippen LogP contribution >= 0.6 is 0 Å². The molecule has 81 heavy (non-hydrogen) atoms. The van der Waals surface area contributed by atoms with E-state index in [-0.39, 0.29) is 60.1 Å². The lowest BCUT2D eigenvalue weighted by atomic mass is 10.00. The van der Waals surface area contributed by atoms with Gasteiger partial charge in [0.05, 0.1) is 62.5 Å². The van der Waals surface area contributed by atoms with Crippen LogP contribution in [0, 0.1) is 6.92 Å². The molecule has 0 fully saturated rings. The lowest BCUT2D eigenvalue weighted by molar-refractivity contribution is 0.269. The fraction of sp³-hybridized carbons (Fsp3) is 0.438. The van der Waals surface area contributed by atoms with Crippen molar-refractivity contribution >= 4 is 0 Å². The highest BCUT2D eigenvalue weighted by Crippen LogP contribution is 2.41. The van der Waals surface area contributed by atoms with Crippen LogP contribution in [-0.4, -0.2) is 98.8 Å². The number of aryl methyl sites for hydroxylation is 7. The van der Waals surface area contributed by atoms with Crippen LogP contribution in [0.4, 0.5) is 0 Å². The molecule has 6 aromatic rings. The molecule has 0 spiro atoms. The summed E-state index contributed by atoms with van der Waals surface area (Å²) in [5.74, 6) is 2.07. The summed E-state index contributed by atoms with van der Waals surface area (Å²) < 4.78 is 30.3. The summed E-state index contributed by atoms with van der Waals surface area (Å²) in [6, 6.07) is 21.2. The number of methoxy groups -OCH3 is 6. The van der Waals surface area contributed by atoms with E-state index >= 15 is 0 Å². The van der Waals surface area contributed by atoms with Crippen LogP contribution in [0.1, 0.15) is 136 Å². The Morgan fingerprint density at radius 2 is 0.605 bits per heavy atom. The van der Waals surface area contributed by atoms with Crippen LogP contribution in [-0.2, 0) is 58.3 Å². The van der Waals surface area contributed by atoms with Gasteiger partial charge >= 0.3 is 0 Å². The van der Waals surface area contributed by atoms with Crippen molar-refractivity contribution in [3.63, 3.8) is 0 Å². The Bertz CT molecular complexity index is 2710. The smallest absolute Gasteiger partial charge is 0.203 e. The van der Waals surface area contributed by atoms with Crippen molar-refractivity contribution in [3.05, 3.63) is 128 Å². The zero-order valence-corrected chi connectivity index (χ0v) is 49.9. The third-order valence-electron chi connectivity index (χ3n) is 12.7. The van der Waals surface area contributed by atoms with Crippen molar-refractivity contribution in [2.75, 3.05) is 42.7 Å². The maximum atomic E-state index is 9.83. The normalized spacial score (nSPS) is 10.1. The predicted octanol–water partition coefficient (Wildman–Crippen LogP) is 12.3. The summed E-state index contributed by atoms with van der Waals surface area (Å²) >= 11 is 0. The minimum Gasteiger partial charge on any atom is -0.504 e. The lowest BCUT2D eigenvalue weighted by Crippen LogP contribution is -2.00. The molecule has 17 nitrogen and oxygen atoms in total. The van der Waals surface area contributed by atoms with Gasteiger partial charge in [0.25, 0.3) is 0 Å². The van der Waals surface area contributed by atoms with E-state index in [1.165, 1.54) is 40.1 Å². The lowest BCUT2D eigenvalue weighted by Gasteiger charge is -2.13. The second kappa shape index (κ2) is 38.9.